The van der Waals surface area contributed by atoms with Gasteiger partial charge in [-0.1, -0.05) is 6.07 Å². The Morgan fingerprint density at radius 1 is 1.21 bits per heavy atom. The maximum atomic E-state index is 13.9. The third-order valence-corrected chi connectivity index (χ3v) is 4.27. The van der Waals surface area contributed by atoms with Gasteiger partial charge in [0.25, 0.3) is 0 Å². The van der Waals surface area contributed by atoms with Crippen molar-refractivity contribution in [3.05, 3.63) is 66.1 Å². The minimum absolute atomic E-state index is 0.0919. The van der Waals surface area contributed by atoms with Gasteiger partial charge >= 0.3 is 0 Å². The van der Waals surface area contributed by atoms with Crippen LogP contribution in [-0.2, 0) is 0 Å². The summed E-state index contributed by atoms with van der Waals surface area (Å²) in [5.74, 6) is 0.0107. The molecule has 4 aromatic rings. The van der Waals surface area contributed by atoms with E-state index in [-0.39, 0.29) is 23.2 Å². The van der Waals surface area contributed by atoms with Gasteiger partial charge in [0, 0.05) is 12.4 Å². The fourth-order valence-corrected chi connectivity index (χ4v) is 2.99. The summed E-state index contributed by atoms with van der Waals surface area (Å²) in [7, 11) is 0. The number of hydrogen-bond acceptors (Lipinski definition) is 7. The Kier molecular flexibility index (Phi) is 4.29. The van der Waals surface area contributed by atoms with Gasteiger partial charge in [-0.25, -0.2) is 19.3 Å². The number of hydrogen-bond donors (Lipinski definition) is 2. The van der Waals surface area contributed by atoms with Gasteiger partial charge in [0.1, 0.15) is 41.1 Å². The average molecular weight is 374 g/mol. The van der Waals surface area contributed by atoms with Crippen LogP contribution in [0, 0.1) is 17.1 Å². The second kappa shape index (κ2) is 6.92. The lowest BCUT2D eigenvalue weighted by molar-refractivity contribution is 0.619. The number of nitrogens with zero attached hydrogens (tertiary/aromatic N) is 6. The predicted octanol–water partition coefficient (Wildman–Crippen LogP) is 2.95. The van der Waals surface area contributed by atoms with Gasteiger partial charge < -0.3 is 11.1 Å². The van der Waals surface area contributed by atoms with E-state index in [1.165, 1.54) is 18.6 Å². The highest BCUT2D eigenvalue weighted by atomic mass is 19.1. The quantitative estimate of drug-likeness (QED) is 0.564. The summed E-state index contributed by atoms with van der Waals surface area (Å²) in [5, 5.41) is 12.5. The third-order valence-electron chi connectivity index (χ3n) is 4.27. The fraction of sp³-hybridized carbons (Fsp3) is 0.105. The SMILES string of the molecule is CC(Nc1ncnc(N)c1C#N)c1nc2ccc(F)cn2c1-c1ccccn1. The molecule has 0 amide bonds. The van der Waals surface area contributed by atoms with Crippen molar-refractivity contribution in [2.24, 2.45) is 0 Å². The van der Waals surface area contributed by atoms with Crippen LogP contribution in [0.5, 0.6) is 0 Å². The number of nitrogens with one attached hydrogen (secondary N) is 1. The number of imidazole rings is 1. The van der Waals surface area contributed by atoms with E-state index < -0.39 is 0 Å². The average Bonchev–Trinajstić information content (AvgIpc) is 3.07. The molecule has 0 spiro atoms. The zero-order valence-corrected chi connectivity index (χ0v) is 14.8. The largest absolute Gasteiger partial charge is 0.382 e. The summed E-state index contributed by atoms with van der Waals surface area (Å²) < 4.78 is 15.5. The smallest absolute Gasteiger partial charge is 0.150 e. The zero-order chi connectivity index (χ0) is 19.7. The van der Waals surface area contributed by atoms with Gasteiger partial charge in [0.2, 0.25) is 0 Å². The molecular weight excluding hydrogens is 359 g/mol. The molecule has 1 atom stereocenters. The molecule has 1 unspecified atom stereocenters. The van der Waals surface area contributed by atoms with Crippen molar-refractivity contribution in [3.63, 3.8) is 0 Å². The highest BCUT2D eigenvalue weighted by Crippen LogP contribution is 2.30. The molecule has 8 nitrogen and oxygen atoms in total. The molecule has 0 saturated heterocycles. The topological polar surface area (TPSA) is 118 Å². The number of nitrogen functional groups attached to an aromatic ring is 1. The summed E-state index contributed by atoms with van der Waals surface area (Å²) >= 11 is 0. The van der Waals surface area contributed by atoms with Gasteiger partial charge in [-0.05, 0) is 31.2 Å². The molecule has 138 valence electrons. The molecule has 0 bridgehead atoms. The highest BCUT2D eigenvalue weighted by Gasteiger charge is 2.22. The molecular formula is C19H15FN8. The number of rotatable bonds is 4. The Bertz CT molecular complexity index is 1200. The van der Waals surface area contributed by atoms with Gasteiger partial charge in [-0.15, -0.1) is 0 Å². The Labute approximate surface area is 159 Å². The highest BCUT2D eigenvalue weighted by molar-refractivity contribution is 5.67. The summed E-state index contributed by atoms with van der Waals surface area (Å²) in [6.07, 6.45) is 4.31. The third kappa shape index (κ3) is 2.97. The minimum Gasteiger partial charge on any atom is -0.382 e. The van der Waals surface area contributed by atoms with Crippen LogP contribution in [-0.4, -0.2) is 24.3 Å². The molecule has 0 radical (unpaired) electrons. The molecule has 0 fully saturated rings. The van der Waals surface area contributed by atoms with E-state index in [2.05, 4.69) is 25.3 Å². The monoisotopic (exact) mass is 374 g/mol. The zero-order valence-electron chi connectivity index (χ0n) is 14.8. The summed E-state index contributed by atoms with van der Waals surface area (Å²) in [6.45, 7) is 1.87. The van der Waals surface area contributed by atoms with Crippen LogP contribution in [0.2, 0.25) is 0 Å². The van der Waals surface area contributed by atoms with Crippen LogP contribution in [0.25, 0.3) is 17.0 Å². The van der Waals surface area contributed by atoms with Crippen molar-refractivity contribution in [3.8, 4) is 17.5 Å². The van der Waals surface area contributed by atoms with Crippen LogP contribution < -0.4 is 11.1 Å². The van der Waals surface area contributed by atoms with Crippen LogP contribution in [0.15, 0.2) is 49.1 Å². The summed E-state index contributed by atoms with van der Waals surface area (Å²) in [6, 6.07) is 10.1. The predicted molar refractivity (Wildman–Crippen MR) is 102 cm³/mol. The number of anilines is 2. The van der Waals surface area contributed by atoms with Gasteiger partial charge in [-0.2, -0.15) is 5.26 Å². The molecule has 28 heavy (non-hydrogen) atoms. The van der Waals surface area contributed by atoms with Crippen molar-refractivity contribution >= 4 is 17.3 Å². The number of fused-ring (bicyclic) bond motifs is 1. The van der Waals surface area contributed by atoms with E-state index in [1.807, 2.05) is 25.1 Å². The number of halogens is 1. The first-order chi connectivity index (χ1) is 13.6. The van der Waals surface area contributed by atoms with Gasteiger partial charge in [0.05, 0.1) is 23.1 Å². The van der Waals surface area contributed by atoms with E-state index in [1.54, 1.807) is 22.7 Å². The van der Waals surface area contributed by atoms with Crippen molar-refractivity contribution in [1.29, 1.82) is 5.26 Å². The van der Waals surface area contributed by atoms with Crippen molar-refractivity contribution < 1.29 is 4.39 Å². The molecule has 4 heterocycles. The maximum Gasteiger partial charge on any atom is 0.150 e. The first-order valence-corrected chi connectivity index (χ1v) is 8.44. The van der Waals surface area contributed by atoms with E-state index in [0.717, 1.165) is 0 Å². The van der Waals surface area contributed by atoms with Crippen molar-refractivity contribution in [2.75, 3.05) is 11.1 Å². The maximum absolute atomic E-state index is 13.9. The lowest BCUT2D eigenvalue weighted by Gasteiger charge is -2.15. The molecule has 9 heteroatoms. The first-order valence-electron chi connectivity index (χ1n) is 8.44. The normalized spacial score (nSPS) is 11.9. The molecule has 3 N–H and O–H groups in total. The molecule has 4 rings (SSSR count). The Hall–Kier alpha value is -4.06. The Balaban J connectivity index is 1.85. The fourth-order valence-electron chi connectivity index (χ4n) is 2.99. The molecule has 4 aromatic heterocycles. The summed E-state index contributed by atoms with van der Waals surface area (Å²) in [4.78, 5) is 17.0. The Morgan fingerprint density at radius 3 is 2.82 bits per heavy atom. The second-order valence-corrected chi connectivity index (χ2v) is 6.10. The van der Waals surface area contributed by atoms with E-state index >= 15 is 0 Å². The molecule has 0 aliphatic heterocycles. The molecule has 0 saturated carbocycles. The molecule has 0 aliphatic carbocycles. The van der Waals surface area contributed by atoms with Crippen LogP contribution in [0.4, 0.5) is 16.0 Å². The molecule has 0 aliphatic rings. The Morgan fingerprint density at radius 2 is 2.07 bits per heavy atom. The van der Waals surface area contributed by atoms with Gasteiger partial charge in [0.15, 0.2) is 0 Å². The van der Waals surface area contributed by atoms with Crippen molar-refractivity contribution in [1.82, 2.24) is 24.3 Å². The lowest BCUT2D eigenvalue weighted by Crippen LogP contribution is -2.12. The number of aromatic nitrogens is 5. The number of nitrogens with two attached hydrogens (primary N) is 1. The number of pyridine rings is 2. The minimum atomic E-state index is -0.385. The van der Waals surface area contributed by atoms with Crippen molar-refractivity contribution in [2.45, 2.75) is 13.0 Å². The number of nitriles is 1. The van der Waals surface area contributed by atoms with Gasteiger partial charge in [-0.3, -0.25) is 9.38 Å². The standard InChI is InChI=1S/C19H15FN8/c1-11(26-19-13(8-21)18(22)24-10-25-19)16-17(14-4-2-3-7-23-14)28-9-12(20)5-6-15(28)27-16/h2-7,9-11H,1H3,(H3,22,24,25,26). The summed E-state index contributed by atoms with van der Waals surface area (Å²) in [5.41, 5.74) is 8.42. The second-order valence-electron chi connectivity index (χ2n) is 6.10. The molecule has 0 aromatic carbocycles. The van der Waals surface area contributed by atoms with Crippen LogP contribution in [0.1, 0.15) is 24.2 Å². The van der Waals surface area contributed by atoms with E-state index in [4.69, 9.17) is 5.73 Å². The lowest BCUT2D eigenvalue weighted by atomic mass is 10.1. The van der Waals surface area contributed by atoms with Crippen LogP contribution in [0.3, 0.4) is 0 Å². The first kappa shape index (κ1) is 17.4. The van der Waals surface area contributed by atoms with Crippen LogP contribution >= 0.6 is 0 Å². The van der Waals surface area contributed by atoms with E-state index in [9.17, 15) is 9.65 Å². The van der Waals surface area contributed by atoms with E-state index in [0.29, 0.717) is 28.5 Å².